The molecule has 1 fully saturated rings. The van der Waals surface area contributed by atoms with Crippen molar-refractivity contribution in [1.29, 1.82) is 0 Å². The summed E-state index contributed by atoms with van der Waals surface area (Å²) in [6, 6.07) is 12.9. The first-order valence-electron chi connectivity index (χ1n) is 11.3. The summed E-state index contributed by atoms with van der Waals surface area (Å²) in [5.41, 5.74) is 2.18. The summed E-state index contributed by atoms with van der Waals surface area (Å²) in [7, 11) is 0. The molecule has 7 heteroatoms. The Balaban J connectivity index is 1.67. The fraction of sp³-hybridized carbons (Fsp3) is 0.440. The molecule has 0 aromatic heterocycles. The molecular weight excluding hydrogens is 408 g/mol. The lowest BCUT2D eigenvalue weighted by atomic mass is 10.1. The Hall–Kier alpha value is -3.06. The molecule has 1 saturated heterocycles. The number of carbonyl (C=O) groups excluding carboxylic acids is 2. The van der Waals surface area contributed by atoms with Crippen LogP contribution in [0.2, 0.25) is 0 Å². The number of anilines is 2. The number of Topliss-reactive ketones (excluding diaryl/α,β-unsaturated/α-hetero) is 1. The van der Waals surface area contributed by atoms with Crippen molar-refractivity contribution in [3.05, 3.63) is 48.0 Å². The van der Waals surface area contributed by atoms with Crippen LogP contribution in [0.3, 0.4) is 0 Å². The molecule has 1 N–H and O–H groups in total. The van der Waals surface area contributed by atoms with Gasteiger partial charge in [-0.25, -0.2) is 0 Å². The van der Waals surface area contributed by atoms with Crippen LogP contribution in [0, 0.1) is 0 Å². The van der Waals surface area contributed by atoms with E-state index in [1.54, 1.807) is 12.1 Å². The molecule has 0 radical (unpaired) electrons. The third kappa shape index (κ3) is 6.47. The summed E-state index contributed by atoms with van der Waals surface area (Å²) >= 11 is 0. The zero-order valence-electron chi connectivity index (χ0n) is 18.9. The first kappa shape index (κ1) is 23.6. The second-order valence-electron chi connectivity index (χ2n) is 7.47. The zero-order chi connectivity index (χ0) is 22.8. The van der Waals surface area contributed by atoms with Crippen LogP contribution in [0.15, 0.2) is 42.5 Å². The van der Waals surface area contributed by atoms with Crippen molar-refractivity contribution in [2.75, 3.05) is 49.7 Å². The first-order chi connectivity index (χ1) is 15.6. The topological polar surface area (TPSA) is 77.1 Å². The number of hydrogen-bond donors (Lipinski definition) is 1. The van der Waals surface area contributed by atoms with E-state index in [0.717, 1.165) is 18.8 Å². The predicted octanol–water partition coefficient (Wildman–Crippen LogP) is 4.31. The quantitative estimate of drug-likeness (QED) is 0.525. The van der Waals surface area contributed by atoms with Gasteiger partial charge in [0.15, 0.2) is 5.78 Å². The number of morpholine rings is 1. The van der Waals surface area contributed by atoms with Gasteiger partial charge in [0.05, 0.1) is 37.8 Å². The molecule has 0 saturated carbocycles. The molecule has 7 nitrogen and oxygen atoms in total. The summed E-state index contributed by atoms with van der Waals surface area (Å²) < 4.78 is 17.2. The van der Waals surface area contributed by atoms with Gasteiger partial charge >= 0.3 is 0 Å². The fourth-order valence-corrected chi connectivity index (χ4v) is 3.63. The van der Waals surface area contributed by atoms with E-state index in [1.807, 2.05) is 44.2 Å². The molecule has 1 aliphatic rings. The van der Waals surface area contributed by atoms with E-state index in [1.165, 1.54) is 0 Å². The van der Waals surface area contributed by atoms with Crippen LogP contribution in [-0.4, -0.2) is 51.2 Å². The molecule has 2 aromatic carbocycles. The van der Waals surface area contributed by atoms with Crippen LogP contribution in [0.1, 0.15) is 43.5 Å². The fourth-order valence-electron chi connectivity index (χ4n) is 3.63. The summed E-state index contributed by atoms with van der Waals surface area (Å²) in [5.74, 6) is 1.19. The minimum absolute atomic E-state index is 0.0434. The SMILES string of the molecule is CCOc1cc(N2CCOCC2)c(OCC)cc1NC(=O)CCCC(=O)c1ccccc1. The van der Waals surface area contributed by atoms with Gasteiger partial charge in [0, 0.05) is 43.6 Å². The highest BCUT2D eigenvalue weighted by Gasteiger charge is 2.20. The molecule has 1 heterocycles. The number of nitrogens with one attached hydrogen (secondary N) is 1. The van der Waals surface area contributed by atoms with Gasteiger partial charge in [-0.05, 0) is 20.3 Å². The Kier molecular flexibility index (Phi) is 8.92. The monoisotopic (exact) mass is 440 g/mol. The number of amides is 1. The Morgan fingerprint density at radius 2 is 1.66 bits per heavy atom. The van der Waals surface area contributed by atoms with Crippen molar-refractivity contribution in [1.82, 2.24) is 0 Å². The van der Waals surface area contributed by atoms with Gasteiger partial charge in [-0.1, -0.05) is 30.3 Å². The van der Waals surface area contributed by atoms with Gasteiger partial charge in [0.1, 0.15) is 11.5 Å². The van der Waals surface area contributed by atoms with Crippen molar-refractivity contribution in [3.63, 3.8) is 0 Å². The molecule has 0 unspecified atom stereocenters. The third-order valence-corrected chi connectivity index (χ3v) is 5.19. The number of benzene rings is 2. The third-order valence-electron chi connectivity index (χ3n) is 5.19. The van der Waals surface area contributed by atoms with Crippen LogP contribution in [-0.2, 0) is 9.53 Å². The van der Waals surface area contributed by atoms with E-state index >= 15 is 0 Å². The van der Waals surface area contributed by atoms with Crippen molar-refractivity contribution in [2.24, 2.45) is 0 Å². The van der Waals surface area contributed by atoms with Crippen LogP contribution >= 0.6 is 0 Å². The van der Waals surface area contributed by atoms with Crippen molar-refractivity contribution >= 4 is 23.1 Å². The maximum absolute atomic E-state index is 12.6. The number of hydrogen-bond acceptors (Lipinski definition) is 6. The highest BCUT2D eigenvalue weighted by molar-refractivity contribution is 5.97. The van der Waals surface area contributed by atoms with E-state index in [0.29, 0.717) is 62.0 Å². The van der Waals surface area contributed by atoms with Gasteiger partial charge in [-0.2, -0.15) is 0 Å². The lowest BCUT2D eigenvalue weighted by molar-refractivity contribution is -0.116. The van der Waals surface area contributed by atoms with Gasteiger partial charge < -0.3 is 24.4 Å². The van der Waals surface area contributed by atoms with Crippen molar-refractivity contribution in [3.8, 4) is 11.5 Å². The number of rotatable bonds is 11. The first-order valence-corrected chi connectivity index (χ1v) is 11.3. The number of carbonyl (C=O) groups is 2. The van der Waals surface area contributed by atoms with Crippen molar-refractivity contribution in [2.45, 2.75) is 33.1 Å². The Morgan fingerprint density at radius 3 is 2.34 bits per heavy atom. The van der Waals surface area contributed by atoms with E-state index in [2.05, 4.69) is 10.2 Å². The van der Waals surface area contributed by atoms with Gasteiger partial charge in [0.25, 0.3) is 0 Å². The van der Waals surface area contributed by atoms with Gasteiger partial charge in [0.2, 0.25) is 5.91 Å². The average molecular weight is 441 g/mol. The molecule has 1 aliphatic heterocycles. The molecule has 0 spiro atoms. The molecule has 3 rings (SSSR count). The molecule has 32 heavy (non-hydrogen) atoms. The van der Waals surface area contributed by atoms with Crippen LogP contribution in [0.5, 0.6) is 11.5 Å². The lowest BCUT2D eigenvalue weighted by Gasteiger charge is -2.31. The summed E-state index contributed by atoms with van der Waals surface area (Å²) in [4.78, 5) is 27.0. The summed E-state index contributed by atoms with van der Waals surface area (Å²) in [5, 5.41) is 2.94. The van der Waals surface area contributed by atoms with Crippen LogP contribution < -0.4 is 19.7 Å². The molecule has 172 valence electrons. The lowest BCUT2D eigenvalue weighted by Crippen LogP contribution is -2.36. The predicted molar refractivity (Wildman–Crippen MR) is 125 cm³/mol. The maximum atomic E-state index is 12.6. The number of ketones is 1. The molecule has 1 amide bonds. The Labute approximate surface area is 189 Å². The molecular formula is C25H32N2O5. The number of nitrogens with zero attached hydrogens (tertiary/aromatic N) is 1. The second kappa shape index (κ2) is 12.1. The van der Waals surface area contributed by atoms with Gasteiger partial charge in [-0.3, -0.25) is 9.59 Å². The molecule has 2 aromatic rings. The molecule has 0 atom stereocenters. The minimum atomic E-state index is -0.159. The zero-order valence-corrected chi connectivity index (χ0v) is 18.9. The Morgan fingerprint density at radius 1 is 0.969 bits per heavy atom. The van der Waals surface area contributed by atoms with E-state index in [4.69, 9.17) is 14.2 Å². The smallest absolute Gasteiger partial charge is 0.224 e. The van der Waals surface area contributed by atoms with Crippen LogP contribution in [0.4, 0.5) is 11.4 Å². The normalized spacial score (nSPS) is 13.5. The number of ether oxygens (including phenoxy) is 3. The van der Waals surface area contributed by atoms with E-state index in [9.17, 15) is 9.59 Å². The summed E-state index contributed by atoms with van der Waals surface area (Å²) in [6.45, 7) is 7.70. The largest absolute Gasteiger partial charge is 0.492 e. The highest BCUT2D eigenvalue weighted by atomic mass is 16.5. The summed E-state index contributed by atoms with van der Waals surface area (Å²) in [6.07, 6.45) is 1.06. The Bertz CT molecular complexity index is 895. The maximum Gasteiger partial charge on any atom is 0.224 e. The second-order valence-corrected chi connectivity index (χ2v) is 7.47. The van der Waals surface area contributed by atoms with Crippen LogP contribution in [0.25, 0.3) is 0 Å². The molecule has 0 bridgehead atoms. The minimum Gasteiger partial charge on any atom is -0.492 e. The van der Waals surface area contributed by atoms with Gasteiger partial charge in [-0.15, -0.1) is 0 Å². The van der Waals surface area contributed by atoms with E-state index < -0.39 is 0 Å². The van der Waals surface area contributed by atoms with Crippen molar-refractivity contribution < 1.29 is 23.8 Å². The average Bonchev–Trinajstić information content (AvgIpc) is 2.82. The van der Waals surface area contributed by atoms with E-state index in [-0.39, 0.29) is 18.1 Å². The molecule has 0 aliphatic carbocycles. The highest BCUT2D eigenvalue weighted by Crippen LogP contribution is 2.39. The standard InChI is InChI=1S/C25H32N2O5/c1-3-31-23-18-21(27-13-15-30-16-14-27)24(32-4-2)17-20(23)26-25(29)12-8-11-22(28)19-9-6-5-7-10-19/h5-7,9-10,17-18H,3-4,8,11-16H2,1-2H3,(H,26,29).